The van der Waals surface area contributed by atoms with Gasteiger partial charge >= 0.3 is 5.69 Å². The molecule has 17 heavy (non-hydrogen) atoms. The van der Waals surface area contributed by atoms with Crippen LogP contribution >= 0.6 is 0 Å². The van der Waals surface area contributed by atoms with Crippen LogP contribution in [0.2, 0.25) is 0 Å². The Hall–Kier alpha value is -1.56. The summed E-state index contributed by atoms with van der Waals surface area (Å²) in [6, 6.07) is -0.283. The van der Waals surface area contributed by atoms with Gasteiger partial charge in [-0.2, -0.15) is 0 Å². The third-order valence-electron chi connectivity index (χ3n) is 2.76. The van der Waals surface area contributed by atoms with Crippen molar-refractivity contribution in [3.63, 3.8) is 0 Å². The number of methoxy groups -OCH3 is 1. The number of aromatic nitrogens is 2. The minimum Gasteiger partial charge on any atom is -0.494 e. The zero-order valence-corrected chi connectivity index (χ0v) is 10.3. The Labute approximate surface area is 98.9 Å². The molecule has 0 fully saturated rings. The summed E-state index contributed by atoms with van der Waals surface area (Å²) < 4.78 is 6.18. The standard InChI is InChI=1S/C11H18N2O4/c1-4-7(6-17-3)13-10(15)8(5-2)9(14)12-11(13)16/h7,15H,4-6H2,1-3H3,(H,12,14,16). The Morgan fingerprint density at radius 1 is 1.41 bits per heavy atom. The van der Waals surface area contributed by atoms with Crippen molar-refractivity contribution in [2.75, 3.05) is 13.7 Å². The zero-order valence-electron chi connectivity index (χ0n) is 10.3. The fourth-order valence-corrected chi connectivity index (χ4v) is 1.80. The molecule has 1 aromatic rings. The minimum absolute atomic E-state index is 0.221. The van der Waals surface area contributed by atoms with E-state index in [9.17, 15) is 14.7 Å². The minimum atomic E-state index is -0.603. The molecule has 96 valence electrons. The fourth-order valence-electron chi connectivity index (χ4n) is 1.80. The van der Waals surface area contributed by atoms with Crippen LogP contribution in [0.4, 0.5) is 0 Å². The Morgan fingerprint density at radius 3 is 2.53 bits per heavy atom. The first kappa shape index (κ1) is 13.5. The second kappa shape index (κ2) is 5.67. The summed E-state index contributed by atoms with van der Waals surface area (Å²) in [4.78, 5) is 25.4. The van der Waals surface area contributed by atoms with Gasteiger partial charge in [-0.05, 0) is 12.8 Å². The van der Waals surface area contributed by atoms with Gasteiger partial charge in [0.05, 0.1) is 18.2 Å². The highest BCUT2D eigenvalue weighted by Gasteiger charge is 2.18. The van der Waals surface area contributed by atoms with E-state index in [-0.39, 0.29) is 17.5 Å². The lowest BCUT2D eigenvalue weighted by Crippen LogP contribution is -2.35. The van der Waals surface area contributed by atoms with Crippen LogP contribution in [0.15, 0.2) is 9.59 Å². The predicted molar refractivity (Wildman–Crippen MR) is 63.6 cm³/mol. The third kappa shape index (κ3) is 2.58. The van der Waals surface area contributed by atoms with E-state index in [2.05, 4.69) is 4.98 Å². The zero-order chi connectivity index (χ0) is 13.0. The van der Waals surface area contributed by atoms with E-state index in [0.717, 1.165) is 0 Å². The lowest BCUT2D eigenvalue weighted by atomic mass is 10.2. The molecule has 0 saturated carbocycles. The van der Waals surface area contributed by atoms with Crippen LogP contribution in [0.25, 0.3) is 0 Å². The van der Waals surface area contributed by atoms with Crippen LogP contribution in [0, 0.1) is 0 Å². The van der Waals surface area contributed by atoms with Gasteiger partial charge in [-0.1, -0.05) is 13.8 Å². The molecule has 1 heterocycles. The molecule has 6 heteroatoms. The first-order chi connectivity index (χ1) is 8.06. The summed E-state index contributed by atoms with van der Waals surface area (Å²) in [5.74, 6) is -0.259. The molecule has 0 aliphatic heterocycles. The fraction of sp³-hybridized carbons (Fsp3) is 0.636. The number of ether oxygens (including phenoxy) is 1. The van der Waals surface area contributed by atoms with E-state index in [0.29, 0.717) is 19.4 Å². The normalized spacial score (nSPS) is 12.6. The SMILES string of the molecule is CCc1c(O)n(C(CC)COC)c(=O)[nH]c1=O. The molecule has 1 rings (SSSR count). The van der Waals surface area contributed by atoms with Gasteiger partial charge in [-0.3, -0.25) is 14.3 Å². The molecule has 0 saturated heterocycles. The predicted octanol–water partition coefficient (Wildman–Crippen LogP) is 0.402. The van der Waals surface area contributed by atoms with E-state index in [1.807, 2.05) is 6.92 Å². The summed E-state index contributed by atoms with van der Waals surface area (Å²) in [6.07, 6.45) is 0.987. The van der Waals surface area contributed by atoms with E-state index < -0.39 is 11.2 Å². The van der Waals surface area contributed by atoms with Gasteiger partial charge < -0.3 is 9.84 Å². The number of rotatable bonds is 5. The van der Waals surface area contributed by atoms with Crippen molar-refractivity contribution in [3.8, 4) is 5.88 Å². The number of aromatic amines is 1. The maximum absolute atomic E-state index is 11.7. The lowest BCUT2D eigenvalue weighted by molar-refractivity contribution is 0.145. The second-order valence-corrected chi connectivity index (χ2v) is 3.80. The largest absolute Gasteiger partial charge is 0.494 e. The number of H-pyrrole nitrogens is 1. The topological polar surface area (TPSA) is 84.3 Å². The average molecular weight is 242 g/mol. The van der Waals surface area contributed by atoms with E-state index in [1.165, 1.54) is 11.7 Å². The number of hydrogen-bond acceptors (Lipinski definition) is 4. The summed E-state index contributed by atoms with van der Waals surface area (Å²) in [7, 11) is 1.52. The van der Waals surface area contributed by atoms with Crippen LogP contribution in [-0.2, 0) is 11.2 Å². The highest BCUT2D eigenvalue weighted by Crippen LogP contribution is 2.18. The number of nitrogens with one attached hydrogen (secondary N) is 1. The van der Waals surface area contributed by atoms with Crippen molar-refractivity contribution >= 4 is 0 Å². The smallest absolute Gasteiger partial charge is 0.331 e. The highest BCUT2D eigenvalue weighted by molar-refractivity contribution is 5.23. The van der Waals surface area contributed by atoms with Crippen molar-refractivity contribution in [1.29, 1.82) is 0 Å². The maximum atomic E-state index is 11.7. The molecule has 0 radical (unpaired) electrons. The van der Waals surface area contributed by atoms with Gasteiger partial charge in [-0.15, -0.1) is 0 Å². The molecule has 0 amide bonds. The molecule has 0 aliphatic carbocycles. The highest BCUT2D eigenvalue weighted by atomic mass is 16.5. The Bertz CT molecular complexity index is 489. The van der Waals surface area contributed by atoms with E-state index in [4.69, 9.17) is 4.74 Å². The summed E-state index contributed by atoms with van der Waals surface area (Å²) in [5.41, 5.74) is -0.911. The molecule has 6 nitrogen and oxygen atoms in total. The van der Waals surface area contributed by atoms with Crippen molar-refractivity contribution in [2.45, 2.75) is 32.7 Å². The Balaban J connectivity index is 3.42. The first-order valence-electron chi connectivity index (χ1n) is 5.62. The average Bonchev–Trinajstić information content (AvgIpc) is 2.27. The molecular weight excluding hydrogens is 224 g/mol. The molecule has 2 N–H and O–H groups in total. The van der Waals surface area contributed by atoms with Crippen LogP contribution in [-0.4, -0.2) is 28.4 Å². The number of nitrogens with zero attached hydrogens (tertiary/aromatic N) is 1. The quantitative estimate of drug-likeness (QED) is 0.782. The van der Waals surface area contributed by atoms with Gasteiger partial charge in [-0.25, -0.2) is 4.79 Å². The summed E-state index contributed by atoms with van der Waals surface area (Å²) in [6.45, 7) is 3.93. The van der Waals surface area contributed by atoms with Crippen molar-refractivity contribution in [3.05, 3.63) is 26.4 Å². The first-order valence-corrected chi connectivity index (χ1v) is 5.62. The van der Waals surface area contributed by atoms with Crippen LogP contribution in [0.1, 0.15) is 31.9 Å². The van der Waals surface area contributed by atoms with E-state index in [1.54, 1.807) is 6.92 Å². The van der Waals surface area contributed by atoms with Gasteiger partial charge in [0.15, 0.2) is 0 Å². The lowest BCUT2D eigenvalue weighted by Gasteiger charge is -2.19. The van der Waals surface area contributed by atoms with Crippen LogP contribution in [0.5, 0.6) is 5.88 Å². The molecular formula is C11H18N2O4. The van der Waals surface area contributed by atoms with E-state index >= 15 is 0 Å². The van der Waals surface area contributed by atoms with Crippen LogP contribution < -0.4 is 11.2 Å². The number of aromatic hydroxyl groups is 1. The molecule has 0 aromatic carbocycles. The van der Waals surface area contributed by atoms with Crippen LogP contribution in [0.3, 0.4) is 0 Å². The van der Waals surface area contributed by atoms with Gasteiger partial charge in [0.2, 0.25) is 5.88 Å². The maximum Gasteiger partial charge on any atom is 0.331 e. The second-order valence-electron chi connectivity index (χ2n) is 3.80. The molecule has 0 aliphatic rings. The molecule has 0 bridgehead atoms. The van der Waals surface area contributed by atoms with Gasteiger partial charge in [0.25, 0.3) is 5.56 Å². The molecule has 0 spiro atoms. The van der Waals surface area contributed by atoms with Crippen molar-refractivity contribution < 1.29 is 9.84 Å². The summed E-state index contributed by atoms with van der Waals surface area (Å²) >= 11 is 0. The Kier molecular flexibility index (Phi) is 4.51. The van der Waals surface area contributed by atoms with Crippen molar-refractivity contribution in [2.24, 2.45) is 0 Å². The van der Waals surface area contributed by atoms with Crippen molar-refractivity contribution in [1.82, 2.24) is 9.55 Å². The summed E-state index contributed by atoms with van der Waals surface area (Å²) in [5, 5.41) is 9.97. The molecule has 1 aromatic heterocycles. The third-order valence-corrected chi connectivity index (χ3v) is 2.76. The molecule has 1 unspecified atom stereocenters. The van der Waals surface area contributed by atoms with Gasteiger partial charge in [0, 0.05) is 7.11 Å². The molecule has 1 atom stereocenters. The monoisotopic (exact) mass is 242 g/mol. The number of hydrogen-bond donors (Lipinski definition) is 2. The van der Waals surface area contributed by atoms with Gasteiger partial charge in [0.1, 0.15) is 0 Å². The Morgan fingerprint density at radius 2 is 2.06 bits per heavy atom.